The molecule has 1 fully saturated rings. The van der Waals surface area contributed by atoms with Crippen LogP contribution in [0.15, 0.2) is 29.2 Å². The summed E-state index contributed by atoms with van der Waals surface area (Å²) in [6, 6.07) is 5.48. The minimum atomic E-state index is -3.62. The van der Waals surface area contributed by atoms with E-state index in [0.29, 0.717) is 0 Å². The molecule has 0 saturated heterocycles. The first-order valence-corrected chi connectivity index (χ1v) is 10.5. The molecule has 1 aliphatic carbocycles. The van der Waals surface area contributed by atoms with Crippen LogP contribution in [0.2, 0.25) is 0 Å². The van der Waals surface area contributed by atoms with E-state index >= 15 is 0 Å². The Bertz CT molecular complexity index is 763. The summed E-state index contributed by atoms with van der Waals surface area (Å²) < 4.78 is 32.6. The lowest BCUT2D eigenvalue weighted by molar-refractivity contribution is 0.0483. The average Bonchev–Trinajstić information content (AvgIpc) is 2.59. The molecular weight excluding hydrogens is 370 g/mol. The molecule has 1 aliphatic rings. The molecule has 2 rings (SSSR count). The van der Waals surface area contributed by atoms with Gasteiger partial charge < -0.3 is 4.74 Å². The Morgan fingerprint density at radius 3 is 2.15 bits per heavy atom. The smallest absolute Gasteiger partial charge is 0.426 e. The van der Waals surface area contributed by atoms with Crippen molar-refractivity contribution < 1.29 is 22.7 Å². The fourth-order valence-corrected chi connectivity index (χ4v) is 4.08. The number of amides is 2. The van der Waals surface area contributed by atoms with Crippen molar-refractivity contribution in [1.82, 2.24) is 15.6 Å². The zero-order valence-corrected chi connectivity index (χ0v) is 16.7. The second-order valence-electron chi connectivity index (χ2n) is 7.56. The second-order valence-corrected chi connectivity index (χ2v) is 9.28. The van der Waals surface area contributed by atoms with Crippen LogP contribution in [0.4, 0.5) is 4.79 Å². The van der Waals surface area contributed by atoms with Crippen LogP contribution in [0.3, 0.4) is 0 Å². The van der Waals surface area contributed by atoms with E-state index in [0.717, 1.165) is 32.1 Å². The Balaban J connectivity index is 1.93. The van der Waals surface area contributed by atoms with Gasteiger partial charge in [-0.2, -0.15) is 0 Å². The monoisotopic (exact) mass is 397 g/mol. The minimum Gasteiger partial charge on any atom is -0.443 e. The van der Waals surface area contributed by atoms with Crippen molar-refractivity contribution >= 4 is 22.0 Å². The Kier molecular flexibility index (Phi) is 6.83. The normalized spacial score (nSPS) is 15.8. The van der Waals surface area contributed by atoms with Gasteiger partial charge in [-0.3, -0.25) is 10.2 Å². The highest BCUT2D eigenvalue weighted by atomic mass is 32.2. The maximum Gasteiger partial charge on any atom is 0.426 e. The number of rotatable bonds is 4. The van der Waals surface area contributed by atoms with Gasteiger partial charge in [-0.25, -0.2) is 23.4 Å². The number of hydrazine groups is 1. The van der Waals surface area contributed by atoms with Crippen LogP contribution in [0.1, 0.15) is 63.2 Å². The first-order chi connectivity index (χ1) is 12.6. The quantitative estimate of drug-likeness (QED) is 0.676. The van der Waals surface area contributed by atoms with Gasteiger partial charge in [-0.1, -0.05) is 19.3 Å². The van der Waals surface area contributed by atoms with Crippen molar-refractivity contribution in [2.24, 2.45) is 0 Å². The highest BCUT2D eigenvalue weighted by Gasteiger charge is 2.22. The molecule has 3 N–H and O–H groups in total. The summed E-state index contributed by atoms with van der Waals surface area (Å²) in [5.74, 6) is -0.579. The molecule has 0 bridgehead atoms. The Morgan fingerprint density at radius 2 is 1.59 bits per heavy atom. The lowest BCUT2D eigenvalue weighted by atomic mass is 9.96. The summed E-state index contributed by atoms with van der Waals surface area (Å²) in [5, 5.41) is 0. The third-order valence-electron chi connectivity index (χ3n) is 4.03. The molecule has 8 nitrogen and oxygen atoms in total. The number of hydrogen-bond donors (Lipinski definition) is 3. The SMILES string of the molecule is CC(C)(C)OC(=O)NNC(=O)c1ccc(S(=O)(=O)NC2CCCCC2)cc1. The van der Waals surface area contributed by atoms with Crippen molar-refractivity contribution in [3.8, 4) is 0 Å². The van der Waals surface area contributed by atoms with E-state index in [-0.39, 0.29) is 16.5 Å². The topological polar surface area (TPSA) is 114 Å². The van der Waals surface area contributed by atoms with E-state index in [1.165, 1.54) is 24.3 Å². The van der Waals surface area contributed by atoms with Gasteiger partial charge in [0.25, 0.3) is 5.91 Å². The highest BCUT2D eigenvalue weighted by Crippen LogP contribution is 2.20. The second kappa shape index (κ2) is 8.71. The minimum absolute atomic E-state index is 0.0373. The molecule has 0 atom stereocenters. The number of benzene rings is 1. The van der Waals surface area contributed by atoms with Crippen LogP contribution in [0.5, 0.6) is 0 Å². The molecule has 0 aliphatic heterocycles. The maximum absolute atomic E-state index is 12.4. The number of ether oxygens (including phenoxy) is 1. The number of carbonyl (C=O) groups is 2. The largest absolute Gasteiger partial charge is 0.443 e. The first kappa shape index (κ1) is 21.2. The molecule has 1 saturated carbocycles. The number of sulfonamides is 1. The van der Waals surface area contributed by atoms with Crippen molar-refractivity contribution in [2.45, 2.75) is 69.4 Å². The third kappa shape index (κ3) is 6.84. The average molecular weight is 397 g/mol. The van der Waals surface area contributed by atoms with Crippen molar-refractivity contribution in [3.05, 3.63) is 29.8 Å². The van der Waals surface area contributed by atoms with Crippen LogP contribution >= 0.6 is 0 Å². The fraction of sp³-hybridized carbons (Fsp3) is 0.556. The Hall–Kier alpha value is -2.13. The van der Waals surface area contributed by atoms with Gasteiger partial charge in [-0.05, 0) is 57.9 Å². The molecule has 150 valence electrons. The standard InChI is InChI=1S/C18H27N3O5S/c1-18(2,3)26-17(23)20-19-16(22)13-9-11-15(12-10-13)27(24,25)21-14-7-5-4-6-8-14/h9-12,14,21H,4-8H2,1-3H3,(H,19,22)(H,20,23). The summed E-state index contributed by atoms with van der Waals surface area (Å²) in [7, 11) is -3.62. The predicted molar refractivity (Wildman–Crippen MR) is 100 cm³/mol. The Morgan fingerprint density at radius 1 is 1.00 bits per heavy atom. The third-order valence-corrected chi connectivity index (χ3v) is 5.57. The van der Waals surface area contributed by atoms with Crippen LogP contribution in [0.25, 0.3) is 0 Å². The summed E-state index contributed by atoms with van der Waals surface area (Å²) in [5.41, 5.74) is 3.89. The lowest BCUT2D eigenvalue weighted by Crippen LogP contribution is -2.44. The molecule has 0 aromatic heterocycles. The van der Waals surface area contributed by atoms with Gasteiger partial charge in [0.05, 0.1) is 4.90 Å². The number of nitrogens with one attached hydrogen (secondary N) is 3. The van der Waals surface area contributed by atoms with Crippen LogP contribution in [-0.2, 0) is 14.8 Å². The molecule has 1 aromatic carbocycles. The van der Waals surface area contributed by atoms with Gasteiger partial charge in [0, 0.05) is 11.6 Å². The Labute approximate surface area is 160 Å². The molecule has 0 unspecified atom stereocenters. The van der Waals surface area contributed by atoms with Gasteiger partial charge in [0.1, 0.15) is 5.60 Å². The first-order valence-electron chi connectivity index (χ1n) is 8.98. The van der Waals surface area contributed by atoms with E-state index < -0.39 is 27.6 Å². The molecule has 2 amide bonds. The molecule has 9 heteroatoms. The lowest BCUT2D eigenvalue weighted by Gasteiger charge is -2.22. The van der Waals surface area contributed by atoms with Crippen LogP contribution in [-0.4, -0.2) is 32.1 Å². The van der Waals surface area contributed by atoms with E-state index in [1.54, 1.807) is 20.8 Å². The predicted octanol–water partition coefficient (Wildman–Crippen LogP) is 2.47. The van der Waals surface area contributed by atoms with E-state index in [4.69, 9.17) is 4.74 Å². The molecule has 0 spiro atoms. The molecule has 1 aromatic rings. The van der Waals surface area contributed by atoms with Gasteiger partial charge in [-0.15, -0.1) is 0 Å². The summed E-state index contributed by atoms with van der Waals surface area (Å²) >= 11 is 0. The zero-order valence-electron chi connectivity index (χ0n) is 15.9. The summed E-state index contributed by atoms with van der Waals surface area (Å²) in [6.07, 6.45) is 4.09. The summed E-state index contributed by atoms with van der Waals surface area (Å²) in [4.78, 5) is 23.7. The van der Waals surface area contributed by atoms with E-state index in [2.05, 4.69) is 15.6 Å². The van der Waals surface area contributed by atoms with Gasteiger partial charge in [0.15, 0.2) is 0 Å². The van der Waals surface area contributed by atoms with E-state index in [1.807, 2.05) is 0 Å². The molecular formula is C18H27N3O5S. The van der Waals surface area contributed by atoms with Crippen LogP contribution in [0, 0.1) is 0 Å². The zero-order chi connectivity index (χ0) is 20.1. The summed E-state index contributed by atoms with van der Waals surface area (Å²) in [6.45, 7) is 5.11. The van der Waals surface area contributed by atoms with Crippen molar-refractivity contribution in [2.75, 3.05) is 0 Å². The number of hydrogen-bond acceptors (Lipinski definition) is 5. The van der Waals surface area contributed by atoms with Gasteiger partial charge in [0.2, 0.25) is 10.0 Å². The number of carbonyl (C=O) groups excluding carboxylic acids is 2. The van der Waals surface area contributed by atoms with E-state index in [9.17, 15) is 18.0 Å². The van der Waals surface area contributed by atoms with Gasteiger partial charge >= 0.3 is 6.09 Å². The maximum atomic E-state index is 12.4. The fourth-order valence-electron chi connectivity index (χ4n) is 2.78. The molecule has 0 heterocycles. The molecule has 27 heavy (non-hydrogen) atoms. The molecule has 0 radical (unpaired) electrons. The van der Waals surface area contributed by atoms with Crippen LogP contribution < -0.4 is 15.6 Å². The highest BCUT2D eigenvalue weighted by molar-refractivity contribution is 7.89. The van der Waals surface area contributed by atoms with Crippen molar-refractivity contribution in [3.63, 3.8) is 0 Å². The van der Waals surface area contributed by atoms with Crippen molar-refractivity contribution in [1.29, 1.82) is 0 Å².